The molecule has 0 bridgehead atoms. The molecule has 0 atom stereocenters. The van der Waals surface area contributed by atoms with Gasteiger partial charge in [-0.05, 0) is 36.9 Å². The molecule has 0 spiro atoms. The fraction of sp³-hybridized carbons (Fsp3) is 0.974. The lowest BCUT2D eigenvalue weighted by Gasteiger charge is -2.34. The van der Waals surface area contributed by atoms with Crippen LogP contribution >= 0.6 is 12.2 Å². The van der Waals surface area contributed by atoms with Crippen molar-refractivity contribution in [3.63, 3.8) is 0 Å². The SMILES string of the molecule is CCCCCCCCCCCCC(CCCCCCCCCCCC)(CCCCCCCCCCCC)CC(O)=S. The summed E-state index contributed by atoms with van der Waals surface area (Å²) in [6.07, 6.45) is 46.5. The van der Waals surface area contributed by atoms with Crippen LogP contribution in [0.25, 0.3) is 0 Å². The van der Waals surface area contributed by atoms with E-state index in [-0.39, 0.29) is 10.5 Å². The molecule has 41 heavy (non-hydrogen) atoms. The van der Waals surface area contributed by atoms with Crippen LogP contribution in [0, 0.1) is 5.41 Å². The molecule has 0 aromatic rings. The predicted molar refractivity (Wildman–Crippen MR) is 192 cm³/mol. The normalized spacial score (nSPS) is 11.9. The van der Waals surface area contributed by atoms with Crippen LogP contribution in [0.15, 0.2) is 0 Å². The van der Waals surface area contributed by atoms with Gasteiger partial charge >= 0.3 is 0 Å². The van der Waals surface area contributed by atoms with Crippen LogP contribution in [-0.4, -0.2) is 10.2 Å². The molecule has 0 aliphatic carbocycles. The van der Waals surface area contributed by atoms with Gasteiger partial charge in [0.25, 0.3) is 0 Å². The Morgan fingerprint density at radius 3 is 0.756 bits per heavy atom. The Balaban J connectivity index is 4.51. The van der Waals surface area contributed by atoms with Crippen LogP contribution in [0.2, 0.25) is 0 Å². The minimum absolute atomic E-state index is 0.256. The minimum atomic E-state index is 0.256. The fourth-order valence-corrected chi connectivity index (χ4v) is 7.23. The van der Waals surface area contributed by atoms with Crippen molar-refractivity contribution in [2.24, 2.45) is 5.41 Å². The second-order valence-corrected chi connectivity index (χ2v) is 14.3. The first kappa shape index (κ1) is 40.9. The summed E-state index contributed by atoms with van der Waals surface area (Å²) < 4.78 is 0. The third-order valence-corrected chi connectivity index (χ3v) is 9.85. The number of unbranched alkanes of at least 4 members (excludes halogenated alkanes) is 27. The van der Waals surface area contributed by atoms with E-state index in [1.807, 2.05) is 0 Å². The van der Waals surface area contributed by atoms with Crippen LogP contribution in [0.1, 0.15) is 239 Å². The second kappa shape index (κ2) is 32.8. The first-order valence-corrected chi connectivity index (χ1v) is 19.7. The predicted octanol–water partition coefficient (Wildman–Crippen LogP) is 15.2. The average Bonchev–Trinajstić information content (AvgIpc) is 2.95. The smallest absolute Gasteiger partial charge is 0.157 e. The minimum Gasteiger partial charge on any atom is -0.502 e. The third-order valence-electron chi connectivity index (χ3n) is 9.71. The maximum absolute atomic E-state index is 10.3. The summed E-state index contributed by atoms with van der Waals surface area (Å²) in [5.41, 5.74) is 0.256. The van der Waals surface area contributed by atoms with E-state index in [0.29, 0.717) is 0 Å². The van der Waals surface area contributed by atoms with Gasteiger partial charge < -0.3 is 5.11 Å². The van der Waals surface area contributed by atoms with Gasteiger partial charge in [0.1, 0.15) is 0 Å². The van der Waals surface area contributed by atoms with Gasteiger partial charge in [-0.1, -0.05) is 213 Å². The largest absolute Gasteiger partial charge is 0.502 e. The van der Waals surface area contributed by atoms with Gasteiger partial charge in [0, 0.05) is 6.42 Å². The Labute approximate surface area is 266 Å². The quantitative estimate of drug-likeness (QED) is 0.0581. The molecule has 0 heterocycles. The van der Waals surface area contributed by atoms with Crippen LogP contribution < -0.4 is 0 Å². The van der Waals surface area contributed by atoms with E-state index in [4.69, 9.17) is 12.2 Å². The molecule has 0 radical (unpaired) electrons. The van der Waals surface area contributed by atoms with Crippen molar-refractivity contribution in [3.05, 3.63) is 0 Å². The van der Waals surface area contributed by atoms with Crippen LogP contribution in [0.4, 0.5) is 0 Å². The lowest BCUT2D eigenvalue weighted by Crippen LogP contribution is -2.24. The second-order valence-electron chi connectivity index (χ2n) is 13.9. The molecule has 1 N–H and O–H groups in total. The first-order chi connectivity index (χ1) is 20.1. The van der Waals surface area contributed by atoms with E-state index in [1.165, 1.54) is 212 Å². The van der Waals surface area contributed by atoms with Gasteiger partial charge in [-0.15, -0.1) is 0 Å². The van der Waals surface area contributed by atoms with E-state index in [2.05, 4.69) is 20.8 Å². The summed E-state index contributed by atoms with van der Waals surface area (Å²) >= 11 is 5.34. The molecule has 246 valence electrons. The molecule has 0 aromatic heterocycles. The van der Waals surface area contributed by atoms with E-state index >= 15 is 0 Å². The van der Waals surface area contributed by atoms with Crippen molar-refractivity contribution in [2.45, 2.75) is 239 Å². The highest BCUT2D eigenvalue weighted by Crippen LogP contribution is 2.41. The van der Waals surface area contributed by atoms with Crippen molar-refractivity contribution in [1.82, 2.24) is 0 Å². The Morgan fingerprint density at radius 2 is 0.561 bits per heavy atom. The summed E-state index contributed by atoms with van der Waals surface area (Å²) in [6, 6.07) is 0. The number of aliphatic hydroxyl groups excluding tert-OH is 1. The lowest BCUT2D eigenvalue weighted by molar-refractivity contribution is 0.197. The molecule has 0 aliphatic heterocycles. The topological polar surface area (TPSA) is 20.2 Å². The highest BCUT2D eigenvalue weighted by molar-refractivity contribution is 7.80. The number of thiocarbonyl (C=S) groups is 1. The monoisotopic (exact) mass is 595 g/mol. The Bertz CT molecular complexity index is 456. The molecule has 0 rings (SSSR count). The first-order valence-electron chi connectivity index (χ1n) is 19.3. The van der Waals surface area contributed by atoms with Crippen LogP contribution in [0.3, 0.4) is 0 Å². The highest BCUT2D eigenvalue weighted by Gasteiger charge is 2.30. The van der Waals surface area contributed by atoms with Crippen molar-refractivity contribution >= 4 is 17.3 Å². The van der Waals surface area contributed by atoms with Crippen molar-refractivity contribution in [2.75, 3.05) is 0 Å². The number of aliphatic hydroxyl groups is 1. The molecule has 0 amide bonds. The number of rotatable bonds is 35. The van der Waals surface area contributed by atoms with Gasteiger partial charge in [0.05, 0.1) is 0 Å². The van der Waals surface area contributed by atoms with Gasteiger partial charge in [-0.3, -0.25) is 0 Å². The molecule has 0 aliphatic rings. The van der Waals surface area contributed by atoms with Crippen LogP contribution in [0.5, 0.6) is 0 Å². The Hall–Kier alpha value is -0.110. The lowest BCUT2D eigenvalue weighted by atomic mass is 9.71. The molecule has 0 unspecified atom stereocenters. The van der Waals surface area contributed by atoms with Crippen molar-refractivity contribution in [1.29, 1.82) is 0 Å². The molecule has 2 heteroatoms. The zero-order chi connectivity index (χ0) is 30.1. The average molecular weight is 595 g/mol. The summed E-state index contributed by atoms with van der Waals surface area (Å²) in [4.78, 5) is 0. The maximum Gasteiger partial charge on any atom is 0.157 e. The van der Waals surface area contributed by atoms with Gasteiger partial charge in [0.15, 0.2) is 5.05 Å². The molecular weight excluding hydrogens is 516 g/mol. The molecule has 1 nitrogen and oxygen atoms in total. The standard InChI is InChI=1S/C39H78OS/c1-4-7-10-13-16-19-22-25-28-31-34-39(37-38(40)41,35-32-29-26-23-20-17-14-11-8-5-2)36-33-30-27-24-21-18-15-12-9-6-3/h4-37H2,1-3H3,(H,40,41). The van der Waals surface area contributed by atoms with Gasteiger partial charge in [-0.2, -0.15) is 0 Å². The Kier molecular flexibility index (Phi) is 32.7. The molecule has 0 saturated carbocycles. The van der Waals surface area contributed by atoms with E-state index in [0.717, 1.165) is 6.42 Å². The van der Waals surface area contributed by atoms with Crippen molar-refractivity contribution < 1.29 is 5.11 Å². The van der Waals surface area contributed by atoms with Crippen LogP contribution in [-0.2, 0) is 0 Å². The number of hydrogen-bond donors (Lipinski definition) is 1. The summed E-state index contributed by atoms with van der Waals surface area (Å²) in [7, 11) is 0. The highest BCUT2D eigenvalue weighted by atomic mass is 32.1. The molecule has 0 saturated heterocycles. The number of hydrogen-bond acceptors (Lipinski definition) is 1. The fourth-order valence-electron chi connectivity index (χ4n) is 6.92. The molecule has 0 aromatic carbocycles. The summed E-state index contributed by atoms with van der Waals surface area (Å²) in [6.45, 7) is 6.91. The summed E-state index contributed by atoms with van der Waals surface area (Å²) in [5, 5.41) is 10.6. The van der Waals surface area contributed by atoms with E-state index in [9.17, 15) is 5.11 Å². The van der Waals surface area contributed by atoms with Crippen molar-refractivity contribution in [3.8, 4) is 0 Å². The molecular formula is C39H78OS. The maximum atomic E-state index is 10.3. The van der Waals surface area contributed by atoms with Gasteiger partial charge in [0.2, 0.25) is 0 Å². The molecule has 0 fully saturated rings. The Morgan fingerprint density at radius 1 is 0.366 bits per heavy atom. The van der Waals surface area contributed by atoms with E-state index in [1.54, 1.807) is 0 Å². The summed E-state index contributed by atoms with van der Waals surface area (Å²) in [5.74, 6) is 0. The third kappa shape index (κ3) is 29.7. The zero-order valence-electron chi connectivity index (χ0n) is 28.9. The van der Waals surface area contributed by atoms with Gasteiger partial charge in [-0.25, -0.2) is 0 Å². The van der Waals surface area contributed by atoms with E-state index < -0.39 is 0 Å². The zero-order valence-corrected chi connectivity index (χ0v) is 29.7.